The summed E-state index contributed by atoms with van der Waals surface area (Å²) in [6.45, 7) is -0.163. The molecule has 9 heteroatoms. The van der Waals surface area contributed by atoms with Crippen LogP contribution in [0, 0.1) is 5.82 Å². The van der Waals surface area contributed by atoms with Gasteiger partial charge in [-0.25, -0.2) is 9.07 Å². The van der Waals surface area contributed by atoms with Crippen LogP contribution in [0.2, 0.25) is 0 Å². The van der Waals surface area contributed by atoms with Gasteiger partial charge in [-0.3, -0.25) is 4.79 Å². The second-order valence-corrected chi connectivity index (χ2v) is 6.26. The zero-order valence-corrected chi connectivity index (χ0v) is 16.5. The zero-order valence-electron chi connectivity index (χ0n) is 16.5. The molecule has 2 N–H and O–H groups in total. The van der Waals surface area contributed by atoms with Crippen molar-refractivity contribution in [3.63, 3.8) is 0 Å². The number of halogens is 1. The summed E-state index contributed by atoms with van der Waals surface area (Å²) in [5.41, 5.74) is 0.327. The highest BCUT2D eigenvalue weighted by Crippen LogP contribution is 2.36. The maximum absolute atomic E-state index is 13.8. The van der Waals surface area contributed by atoms with Crippen molar-refractivity contribution in [2.75, 3.05) is 27.4 Å². The van der Waals surface area contributed by atoms with Gasteiger partial charge in [0.2, 0.25) is 5.75 Å². The molecule has 1 heterocycles. The molecule has 0 radical (unpaired) electrons. The van der Waals surface area contributed by atoms with Crippen LogP contribution >= 0.6 is 0 Å². The third kappa shape index (κ3) is 4.87. The van der Waals surface area contributed by atoms with Crippen molar-refractivity contribution in [2.24, 2.45) is 0 Å². The van der Waals surface area contributed by atoms with E-state index in [0.717, 1.165) is 0 Å². The number of aliphatic hydroxyl groups is 1. The number of nitrogens with zero attached hydrogens (tertiary/aromatic N) is 2. The van der Waals surface area contributed by atoms with Crippen LogP contribution in [0.1, 0.15) is 10.5 Å². The van der Waals surface area contributed by atoms with Gasteiger partial charge in [-0.05, 0) is 30.3 Å². The van der Waals surface area contributed by atoms with E-state index in [1.165, 1.54) is 37.2 Å². The molecule has 30 heavy (non-hydrogen) atoms. The molecule has 1 unspecified atom stereocenters. The molecule has 8 nitrogen and oxygen atoms in total. The summed E-state index contributed by atoms with van der Waals surface area (Å²) in [6.07, 6.45) is 0.498. The van der Waals surface area contributed by atoms with E-state index in [-0.39, 0.29) is 24.5 Å². The van der Waals surface area contributed by atoms with Crippen LogP contribution < -0.4 is 19.5 Å². The first-order valence-corrected chi connectivity index (χ1v) is 9.14. The summed E-state index contributed by atoms with van der Waals surface area (Å²) in [5, 5.41) is 16.8. The molecule has 0 saturated carbocycles. The fourth-order valence-electron chi connectivity index (χ4n) is 2.72. The summed E-state index contributed by atoms with van der Waals surface area (Å²) < 4.78 is 31.2. The second kappa shape index (κ2) is 9.75. The van der Waals surface area contributed by atoms with E-state index in [1.807, 2.05) is 0 Å². The van der Waals surface area contributed by atoms with Crippen LogP contribution in [-0.4, -0.2) is 54.3 Å². The molecule has 0 aliphatic rings. The van der Waals surface area contributed by atoms with Gasteiger partial charge in [-0.2, -0.15) is 5.10 Å². The van der Waals surface area contributed by atoms with Crippen molar-refractivity contribution < 1.29 is 28.5 Å². The Balaban J connectivity index is 1.55. The zero-order chi connectivity index (χ0) is 21.5. The number of rotatable bonds is 9. The molecular formula is C21H22FN3O5. The number of carbonyl (C=O) groups is 1. The number of aromatic nitrogens is 2. The summed E-state index contributed by atoms with van der Waals surface area (Å²) in [4.78, 5) is 12.3. The predicted octanol–water partition coefficient (Wildman–Crippen LogP) is 2.20. The average molecular weight is 415 g/mol. The molecule has 3 aromatic rings. The van der Waals surface area contributed by atoms with Gasteiger partial charge in [-0.15, -0.1) is 0 Å². The second-order valence-electron chi connectivity index (χ2n) is 6.26. The molecule has 0 aliphatic heterocycles. The lowest BCUT2D eigenvalue weighted by atomic mass is 10.3. The van der Waals surface area contributed by atoms with Crippen molar-refractivity contribution in [2.45, 2.75) is 6.10 Å². The van der Waals surface area contributed by atoms with Gasteiger partial charge < -0.3 is 24.6 Å². The van der Waals surface area contributed by atoms with Crippen LogP contribution in [0.4, 0.5) is 4.39 Å². The maximum Gasteiger partial charge on any atom is 0.271 e. The first-order chi connectivity index (χ1) is 14.5. The van der Waals surface area contributed by atoms with E-state index in [0.29, 0.717) is 17.2 Å². The minimum Gasteiger partial charge on any atom is -0.493 e. The van der Waals surface area contributed by atoms with E-state index in [4.69, 9.17) is 14.2 Å². The smallest absolute Gasteiger partial charge is 0.271 e. The highest BCUT2D eigenvalue weighted by Gasteiger charge is 2.16. The number of benzene rings is 2. The van der Waals surface area contributed by atoms with Crippen LogP contribution in [-0.2, 0) is 0 Å². The predicted molar refractivity (Wildman–Crippen MR) is 107 cm³/mol. The number of para-hydroxylation sites is 2. The average Bonchev–Trinajstić information content (AvgIpc) is 3.26. The van der Waals surface area contributed by atoms with E-state index in [2.05, 4.69) is 10.4 Å². The van der Waals surface area contributed by atoms with E-state index < -0.39 is 17.8 Å². The lowest BCUT2D eigenvalue weighted by molar-refractivity contribution is 0.0829. The molecule has 158 valence electrons. The molecule has 0 fully saturated rings. The minimum atomic E-state index is -0.989. The summed E-state index contributed by atoms with van der Waals surface area (Å²) in [6, 6.07) is 12.7. The number of ether oxygens (including phenoxy) is 3. The summed E-state index contributed by atoms with van der Waals surface area (Å²) in [7, 11) is 3.00. The molecule has 1 atom stereocenters. The van der Waals surface area contributed by atoms with Gasteiger partial charge in [-0.1, -0.05) is 18.2 Å². The highest BCUT2D eigenvalue weighted by atomic mass is 19.1. The highest BCUT2D eigenvalue weighted by molar-refractivity contribution is 5.92. The number of amides is 1. The Morgan fingerprint density at radius 2 is 1.83 bits per heavy atom. The van der Waals surface area contributed by atoms with Crippen molar-refractivity contribution in [1.82, 2.24) is 15.1 Å². The standard InChI is InChI=1S/C21H22FN3O5/c1-28-18-8-5-9-19(29-2)20(18)30-13-14(26)12-23-21(27)16-10-11-25(24-16)17-7-4-3-6-15(17)22/h3-11,14,26H,12-13H2,1-2H3,(H,23,27). The van der Waals surface area contributed by atoms with Gasteiger partial charge in [0, 0.05) is 12.7 Å². The number of aliphatic hydroxyl groups excluding tert-OH is 1. The van der Waals surface area contributed by atoms with Gasteiger partial charge in [0.1, 0.15) is 24.2 Å². The molecule has 0 spiro atoms. The molecule has 0 saturated heterocycles. The molecule has 0 aliphatic carbocycles. The monoisotopic (exact) mass is 415 g/mol. The van der Waals surface area contributed by atoms with Gasteiger partial charge in [0.25, 0.3) is 5.91 Å². The Labute approximate surface area is 172 Å². The molecular weight excluding hydrogens is 393 g/mol. The quantitative estimate of drug-likeness (QED) is 0.556. The van der Waals surface area contributed by atoms with Crippen LogP contribution in [0.25, 0.3) is 5.69 Å². The van der Waals surface area contributed by atoms with Crippen molar-refractivity contribution in [3.8, 4) is 22.9 Å². The first kappa shape index (κ1) is 21.1. The molecule has 3 rings (SSSR count). The Morgan fingerprint density at radius 3 is 2.50 bits per heavy atom. The van der Waals surface area contributed by atoms with Gasteiger partial charge in [0.05, 0.1) is 14.2 Å². The molecule has 1 aromatic heterocycles. The van der Waals surface area contributed by atoms with E-state index in [1.54, 1.807) is 36.4 Å². The number of nitrogens with one attached hydrogen (secondary N) is 1. The van der Waals surface area contributed by atoms with Crippen LogP contribution in [0.3, 0.4) is 0 Å². The third-order valence-electron chi connectivity index (χ3n) is 4.22. The summed E-state index contributed by atoms with van der Waals surface area (Å²) in [5.74, 6) is 0.330. The van der Waals surface area contributed by atoms with Crippen LogP contribution in [0.5, 0.6) is 17.2 Å². The number of hydrogen-bond acceptors (Lipinski definition) is 6. The van der Waals surface area contributed by atoms with Crippen molar-refractivity contribution in [3.05, 3.63) is 66.2 Å². The first-order valence-electron chi connectivity index (χ1n) is 9.14. The topological polar surface area (TPSA) is 94.8 Å². The Bertz CT molecular complexity index is 986. The Morgan fingerprint density at radius 1 is 1.13 bits per heavy atom. The molecule has 0 bridgehead atoms. The van der Waals surface area contributed by atoms with Gasteiger partial charge >= 0.3 is 0 Å². The number of hydrogen-bond donors (Lipinski definition) is 2. The number of carbonyl (C=O) groups excluding carboxylic acids is 1. The Hall–Kier alpha value is -3.59. The summed E-state index contributed by atoms with van der Waals surface area (Å²) >= 11 is 0. The molecule has 1 amide bonds. The lowest BCUT2D eigenvalue weighted by Gasteiger charge is -2.16. The van der Waals surface area contributed by atoms with E-state index >= 15 is 0 Å². The van der Waals surface area contributed by atoms with Crippen molar-refractivity contribution >= 4 is 5.91 Å². The fourth-order valence-corrected chi connectivity index (χ4v) is 2.72. The largest absolute Gasteiger partial charge is 0.493 e. The van der Waals surface area contributed by atoms with E-state index in [9.17, 15) is 14.3 Å². The maximum atomic E-state index is 13.8. The minimum absolute atomic E-state index is 0.0666. The lowest BCUT2D eigenvalue weighted by Crippen LogP contribution is -2.35. The molecule has 2 aromatic carbocycles. The third-order valence-corrected chi connectivity index (χ3v) is 4.22. The fraction of sp³-hybridized carbons (Fsp3) is 0.238. The Kier molecular flexibility index (Phi) is 6.87. The number of methoxy groups -OCH3 is 2. The van der Waals surface area contributed by atoms with Crippen LogP contribution in [0.15, 0.2) is 54.7 Å². The normalized spacial score (nSPS) is 11.6. The SMILES string of the molecule is COc1cccc(OC)c1OCC(O)CNC(=O)c1ccn(-c2ccccc2F)n1. The van der Waals surface area contributed by atoms with Crippen molar-refractivity contribution in [1.29, 1.82) is 0 Å². The van der Waals surface area contributed by atoms with Gasteiger partial charge in [0.15, 0.2) is 17.2 Å².